The summed E-state index contributed by atoms with van der Waals surface area (Å²) in [5.41, 5.74) is -2.48. The van der Waals surface area contributed by atoms with E-state index in [1.54, 1.807) is 0 Å². The molecule has 63 heavy (non-hydrogen) atoms. The average Bonchev–Trinajstić information content (AvgIpc) is 3.24. The molecule has 0 atom stereocenters. The molecule has 0 heterocycles. The molecular formula is C42H30O21. The van der Waals surface area contributed by atoms with Crippen molar-refractivity contribution in [2.75, 3.05) is 0 Å². The van der Waals surface area contributed by atoms with Crippen molar-refractivity contribution < 1.29 is 104 Å². The molecule has 0 fully saturated rings. The van der Waals surface area contributed by atoms with Crippen molar-refractivity contribution in [1.82, 2.24) is 0 Å². The third-order valence-corrected chi connectivity index (χ3v) is 7.96. The Bertz CT molecular complexity index is 2280. The molecule has 0 aliphatic rings. The normalized spacial score (nSPS) is 10.1. The van der Waals surface area contributed by atoms with E-state index < -0.39 is 138 Å². The van der Waals surface area contributed by atoms with Crippen LogP contribution >= 0.6 is 0 Å². The number of ether oxygens (including phenoxy) is 3. The van der Waals surface area contributed by atoms with Gasteiger partial charge in [-0.1, -0.05) is 36.4 Å². The lowest BCUT2D eigenvalue weighted by Crippen LogP contribution is -2.13. The van der Waals surface area contributed by atoms with Crippen molar-refractivity contribution in [3.8, 4) is 69.0 Å². The van der Waals surface area contributed by atoms with Gasteiger partial charge in [-0.15, -0.1) is 0 Å². The summed E-state index contributed by atoms with van der Waals surface area (Å²) < 4.78 is 13.4. The maximum Gasteiger partial charge on any atom is 0.349 e. The summed E-state index contributed by atoms with van der Waals surface area (Å²) in [5.74, 6) is -14.9. The summed E-state index contributed by atoms with van der Waals surface area (Å²) in [6.45, 7) is 0. The van der Waals surface area contributed by atoms with Crippen LogP contribution in [0, 0.1) is 0 Å². The highest BCUT2D eigenvalue weighted by Gasteiger charge is 2.25. The number of carbonyl (C=O) groups is 6. The number of hydrogen-bond donors (Lipinski definition) is 12. The molecule has 6 aromatic carbocycles. The quantitative estimate of drug-likeness (QED) is 0.0473. The average molecular weight is 871 g/mol. The van der Waals surface area contributed by atoms with Gasteiger partial charge in [0.15, 0.2) is 69.0 Å². The van der Waals surface area contributed by atoms with Crippen molar-refractivity contribution >= 4 is 35.8 Å². The fraction of sp³-hybridized carbons (Fsp3) is 0. The van der Waals surface area contributed by atoms with Crippen LogP contribution in [0.5, 0.6) is 69.0 Å². The third kappa shape index (κ3) is 10.9. The van der Waals surface area contributed by atoms with Crippen LogP contribution in [0.1, 0.15) is 62.1 Å². The Morgan fingerprint density at radius 3 is 0.492 bits per heavy atom. The van der Waals surface area contributed by atoms with Gasteiger partial charge in [0, 0.05) is 0 Å². The van der Waals surface area contributed by atoms with Crippen LogP contribution in [-0.4, -0.2) is 97.1 Å². The molecular weight excluding hydrogens is 840 g/mol. The van der Waals surface area contributed by atoms with Crippen LogP contribution in [0.4, 0.5) is 0 Å². The first-order valence-corrected chi connectivity index (χ1v) is 17.1. The van der Waals surface area contributed by atoms with Gasteiger partial charge in [0.2, 0.25) is 0 Å². The lowest BCUT2D eigenvalue weighted by molar-refractivity contribution is 0.0375. The predicted molar refractivity (Wildman–Crippen MR) is 208 cm³/mol. The number of rotatable bonds is 6. The fourth-order valence-electron chi connectivity index (χ4n) is 4.76. The maximum absolute atomic E-state index is 11.7. The first-order valence-electron chi connectivity index (χ1n) is 17.1. The minimum absolute atomic E-state index is 0.414. The van der Waals surface area contributed by atoms with Crippen LogP contribution < -0.4 is 0 Å². The highest BCUT2D eigenvalue weighted by atomic mass is 16.6. The van der Waals surface area contributed by atoms with E-state index in [2.05, 4.69) is 14.2 Å². The van der Waals surface area contributed by atoms with Crippen molar-refractivity contribution in [3.05, 3.63) is 143 Å². The second-order valence-electron chi connectivity index (χ2n) is 12.1. The molecule has 0 aliphatic carbocycles. The van der Waals surface area contributed by atoms with E-state index in [1.165, 1.54) is 36.4 Å². The number of para-hydroxylation sites is 6. The van der Waals surface area contributed by atoms with E-state index in [-0.39, 0.29) is 0 Å². The fourth-order valence-corrected chi connectivity index (χ4v) is 4.76. The maximum atomic E-state index is 11.7. The van der Waals surface area contributed by atoms with Crippen LogP contribution in [-0.2, 0) is 14.2 Å². The Kier molecular flexibility index (Phi) is 14.5. The van der Waals surface area contributed by atoms with Gasteiger partial charge in [-0.25, -0.2) is 28.8 Å². The van der Waals surface area contributed by atoms with E-state index in [1.807, 2.05) is 0 Å². The summed E-state index contributed by atoms with van der Waals surface area (Å²) in [7, 11) is 0. The Morgan fingerprint density at radius 2 is 0.365 bits per heavy atom. The van der Waals surface area contributed by atoms with E-state index in [0.29, 0.717) is 0 Å². The molecule has 0 amide bonds. The molecule has 0 spiro atoms. The van der Waals surface area contributed by atoms with E-state index in [9.17, 15) is 90.0 Å². The SMILES string of the molecule is O=C(OC(=O)c1cccc(O)c1O)c1cccc(O)c1O.O=C(OC(=O)c1cccc(O)c1O)c1cccc(O)c1O.O=C(OC(=O)c1cccc(O)c1O)c1cccc(O)c1O. The molecule has 0 aliphatic heterocycles. The number of carbonyl (C=O) groups excluding carboxylic acids is 6. The van der Waals surface area contributed by atoms with Crippen molar-refractivity contribution in [1.29, 1.82) is 0 Å². The van der Waals surface area contributed by atoms with Crippen LogP contribution in [0.15, 0.2) is 109 Å². The number of aromatic hydroxyl groups is 12. The lowest BCUT2D eigenvalue weighted by Gasteiger charge is -2.07. The second-order valence-corrected chi connectivity index (χ2v) is 12.1. The lowest BCUT2D eigenvalue weighted by atomic mass is 10.1. The van der Waals surface area contributed by atoms with Gasteiger partial charge < -0.3 is 75.5 Å². The summed E-state index contributed by atoms with van der Waals surface area (Å²) >= 11 is 0. The van der Waals surface area contributed by atoms with Crippen molar-refractivity contribution in [2.45, 2.75) is 0 Å². The predicted octanol–water partition coefficient (Wildman–Crippen LogP) is 4.52. The molecule has 12 N–H and O–H groups in total. The molecule has 21 nitrogen and oxygen atoms in total. The Morgan fingerprint density at radius 1 is 0.238 bits per heavy atom. The van der Waals surface area contributed by atoms with E-state index in [4.69, 9.17) is 0 Å². The summed E-state index contributed by atoms with van der Waals surface area (Å²) in [6, 6.07) is 21.4. The smallest absolute Gasteiger partial charge is 0.349 e. The summed E-state index contributed by atoms with van der Waals surface area (Å²) in [4.78, 5) is 70.4. The third-order valence-electron chi connectivity index (χ3n) is 7.96. The molecule has 6 rings (SSSR count). The van der Waals surface area contributed by atoms with Gasteiger partial charge in [-0.2, -0.15) is 0 Å². The zero-order chi connectivity index (χ0) is 46.7. The van der Waals surface area contributed by atoms with Gasteiger partial charge in [-0.05, 0) is 72.8 Å². The Balaban J connectivity index is 0.000000207. The summed E-state index contributed by atoms with van der Waals surface area (Å²) in [5, 5.41) is 113. The first-order chi connectivity index (χ1) is 29.7. The highest BCUT2D eigenvalue weighted by molar-refractivity contribution is 6.07. The topological polar surface area (TPSA) is 373 Å². The molecule has 0 aromatic heterocycles. The number of phenols is 12. The van der Waals surface area contributed by atoms with Gasteiger partial charge >= 0.3 is 35.8 Å². The molecule has 0 radical (unpaired) electrons. The van der Waals surface area contributed by atoms with Crippen LogP contribution in [0.2, 0.25) is 0 Å². The zero-order valence-electron chi connectivity index (χ0n) is 31.4. The molecule has 0 saturated carbocycles. The highest BCUT2D eigenvalue weighted by Crippen LogP contribution is 2.34. The zero-order valence-corrected chi connectivity index (χ0v) is 31.4. The molecule has 0 unspecified atom stereocenters. The van der Waals surface area contributed by atoms with Gasteiger partial charge in [-0.3, -0.25) is 0 Å². The minimum atomic E-state index is -1.21. The van der Waals surface area contributed by atoms with Gasteiger partial charge in [0.05, 0.1) is 0 Å². The van der Waals surface area contributed by atoms with Crippen molar-refractivity contribution in [3.63, 3.8) is 0 Å². The second kappa shape index (κ2) is 19.9. The van der Waals surface area contributed by atoms with Gasteiger partial charge in [0.1, 0.15) is 33.4 Å². The molecule has 324 valence electrons. The molecule has 0 bridgehead atoms. The number of hydrogen-bond acceptors (Lipinski definition) is 21. The number of esters is 6. The monoisotopic (exact) mass is 870 g/mol. The van der Waals surface area contributed by atoms with Crippen LogP contribution in [0.25, 0.3) is 0 Å². The van der Waals surface area contributed by atoms with Gasteiger partial charge in [0.25, 0.3) is 0 Å². The van der Waals surface area contributed by atoms with E-state index in [0.717, 1.165) is 72.8 Å². The molecule has 0 saturated heterocycles. The standard InChI is InChI=1S/3C14H10O7/c3*15-9-5-1-3-7(11(9)17)13(19)21-14(20)8-4-2-6-10(16)12(8)18/h3*1-6,15-18H. The Hall–Kier alpha value is -9.66. The Labute approximate surface area is 351 Å². The minimum Gasteiger partial charge on any atom is -0.504 e. The summed E-state index contributed by atoms with van der Waals surface area (Å²) in [6.07, 6.45) is 0. The number of benzene rings is 6. The van der Waals surface area contributed by atoms with Crippen molar-refractivity contribution in [2.24, 2.45) is 0 Å². The molecule has 21 heteroatoms. The van der Waals surface area contributed by atoms with Crippen LogP contribution in [0.3, 0.4) is 0 Å². The van der Waals surface area contributed by atoms with E-state index >= 15 is 0 Å². The first kappa shape index (κ1) is 46.0. The molecule has 6 aromatic rings. The largest absolute Gasteiger partial charge is 0.504 e. The number of phenolic OH excluding ortho intramolecular Hbond substituents is 12.